The Morgan fingerprint density at radius 1 is 1.22 bits per heavy atom. The van der Waals surface area contributed by atoms with Crippen LogP contribution >= 0.6 is 11.8 Å². The van der Waals surface area contributed by atoms with Gasteiger partial charge in [0.05, 0.1) is 11.4 Å². The number of alkyl halides is 3. The lowest BCUT2D eigenvalue weighted by Crippen LogP contribution is -2.24. The predicted octanol–water partition coefficient (Wildman–Crippen LogP) is 3.55. The highest BCUT2D eigenvalue weighted by molar-refractivity contribution is 8.18. The first kappa shape index (κ1) is 24.7. The van der Waals surface area contributed by atoms with Crippen molar-refractivity contribution in [3.63, 3.8) is 0 Å². The number of nitrogens with one attached hydrogen (secondary N) is 1. The lowest BCUT2D eigenvalue weighted by Gasteiger charge is -2.18. The molecule has 0 atom stereocenters. The number of hydrogen-bond donors (Lipinski definition) is 2. The highest BCUT2D eigenvalue weighted by atomic mass is 32.2. The van der Waals surface area contributed by atoms with Gasteiger partial charge in [0.25, 0.3) is 11.1 Å². The molecule has 170 valence electrons. The van der Waals surface area contributed by atoms with Gasteiger partial charge in [0, 0.05) is 13.2 Å². The number of hydrogen-bond acceptors (Lipinski definition) is 7. The van der Waals surface area contributed by atoms with Crippen molar-refractivity contribution in [2.24, 2.45) is 0 Å². The second-order valence-electron chi connectivity index (χ2n) is 6.18. The Labute approximate surface area is 185 Å². The molecule has 8 nitrogen and oxygen atoms in total. The monoisotopic (exact) mass is 469 g/mol. The number of carbonyl (C=O) groups is 3. The third kappa shape index (κ3) is 7.95. The average Bonchev–Trinajstić information content (AvgIpc) is 3.06. The van der Waals surface area contributed by atoms with Gasteiger partial charge in [-0.25, -0.2) is 9.78 Å². The molecule has 2 amide bonds. The summed E-state index contributed by atoms with van der Waals surface area (Å²) in [6.07, 6.45) is -1.64. The van der Waals surface area contributed by atoms with Crippen molar-refractivity contribution < 1.29 is 37.4 Å². The number of carboxylic acids is 1. The number of rotatable bonds is 6. The van der Waals surface area contributed by atoms with E-state index in [1.54, 1.807) is 12.3 Å². The fourth-order valence-corrected chi connectivity index (χ4v) is 2.91. The lowest BCUT2D eigenvalue weighted by molar-refractivity contribution is -0.192. The molecular formula is C20H18F3N3O5S. The Hall–Kier alpha value is -3.54. The van der Waals surface area contributed by atoms with Crippen LogP contribution in [0.5, 0.6) is 5.75 Å². The van der Waals surface area contributed by atoms with E-state index in [-0.39, 0.29) is 11.1 Å². The number of thioether (sulfide) groups is 1. The second-order valence-corrected chi connectivity index (χ2v) is 7.20. The highest BCUT2D eigenvalue weighted by Crippen LogP contribution is 2.26. The van der Waals surface area contributed by atoms with Crippen LogP contribution in [0.25, 0.3) is 6.08 Å². The van der Waals surface area contributed by atoms with Crippen LogP contribution in [0.2, 0.25) is 0 Å². The first-order valence-electron chi connectivity index (χ1n) is 8.96. The fourth-order valence-electron chi connectivity index (χ4n) is 2.23. The molecule has 0 aliphatic carbocycles. The number of carboxylic acid groups (broad SMARTS) is 1. The zero-order chi connectivity index (χ0) is 23.7. The zero-order valence-corrected chi connectivity index (χ0v) is 17.4. The maximum Gasteiger partial charge on any atom is 0.490 e. The number of pyridine rings is 1. The van der Waals surface area contributed by atoms with Gasteiger partial charge in [0.1, 0.15) is 18.2 Å². The summed E-state index contributed by atoms with van der Waals surface area (Å²) in [5, 5.41) is 9.02. The predicted molar refractivity (Wildman–Crippen MR) is 112 cm³/mol. The molecule has 1 aliphatic rings. The van der Waals surface area contributed by atoms with Crippen LogP contribution in [-0.2, 0) is 9.59 Å². The van der Waals surface area contributed by atoms with Gasteiger partial charge in [-0.15, -0.1) is 0 Å². The summed E-state index contributed by atoms with van der Waals surface area (Å²) in [6.45, 7) is 1.24. The third-order valence-corrected chi connectivity index (χ3v) is 4.61. The van der Waals surface area contributed by atoms with E-state index in [1.165, 1.54) is 0 Å². The molecule has 1 saturated heterocycles. The number of ether oxygens (including phenoxy) is 1. The molecule has 12 heteroatoms. The molecule has 32 heavy (non-hydrogen) atoms. The van der Waals surface area contributed by atoms with Crippen LogP contribution in [0.1, 0.15) is 5.56 Å². The summed E-state index contributed by atoms with van der Waals surface area (Å²) >= 11 is 0.907. The van der Waals surface area contributed by atoms with E-state index in [9.17, 15) is 22.8 Å². The fraction of sp³-hybridized carbons (Fsp3) is 0.200. The summed E-state index contributed by atoms with van der Waals surface area (Å²) in [5.74, 6) is -1.47. The Bertz CT molecular complexity index is 982. The molecule has 2 N–H and O–H groups in total. The van der Waals surface area contributed by atoms with E-state index < -0.39 is 12.1 Å². The van der Waals surface area contributed by atoms with Crippen LogP contribution in [0.3, 0.4) is 0 Å². The molecule has 1 fully saturated rings. The van der Waals surface area contributed by atoms with E-state index in [0.29, 0.717) is 18.1 Å². The van der Waals surface area contributed by atoms with E-state index in [4.69, 9.17) is 14.6 Å². The number of aromatic nitrogens is 1. The summed E-state index contributed by atoms with van der Waals surface area (Å²) in [4.78, 5) is 38.3. The molecule has 2 aromatic rings. The van der Waals surface area contributed by atoms with Gasteiger partial charge in [-0.1, -0.05) is 18.2 Å². The number of halogens is 3. The number of likely N-dealkylation sites (N-methyl/N-ethyl adjacent to an activating group) is 1. The first-order chi connectivity index (χ1) is 15.1. The minimum absolute atomic E-state index is 0.340. The average molecular weight is 469 g/mol. The Morgan fingerprint density at radius 2 is 1.88 bits per heavy atom. The topological polar surface area (TPSA) is 109 Å². The number of anilines is 1. The van der Waals surface area contributed by atoms with Crippen LogP contribution in [0.4, 0.5) is 23.8 Å². The Balaban J connectivity index is 0.000000451. The minimum atomic E-state index is -5.08. The molecule has 0 saturated carbocycles. The Kier molecular flexibility index (Phi) is 8.64. The molecule has 1 aromatic heterocycles. The largest absolute Gasteiger partial charge is 0.492 e. The normalized spacial score (nSPS) is 14.4. The van der Waals surface area contributed by atoms with Gasteiger partial charge >= 0.3 is 12.1 Å². The standard InChI is InChI=1S/C18H17N3O3S.C2HF3O2/c1-21(16-4-2-3-9-19-16)10-11-24-14-7-5-13(6-8-14)12-15-17(22)20-18(23)25-15;3-2(4,5)1(6)7/h2-9,12H,10-11H2,1H3,(H,20,22,23);(H,6,7)/b15-12-;. The van der Waals surface area contributed by atoms with Crippen LogP contribution in [-0.4, -0.2) is 53.6 Å². The minimum Gasteiger partial charge on any atom is -0.492 e. The third-order valence-electron chi connectivity index (χ3n) is 3.80. The molecule has 0 radical (unpaired) electrons. The molecular weight excluding hydrogens is 451 g/mol. The van der Waals surface area contributed by atoms with Gasteiger partial charge in [0.2, 0.25) is 0 Å². The molecule has 3 rings (SSSR count). The number of carbonyl (C=O) groups excluding carboxylic acids is 2. The highest BCUT2D eigenvalue weighted by Gasteiger charge is 2.38. The quantitative estimate of drug-likeness (QED) is 0.619. The molecule has 0 bridgehead atoms. The first-order valence-corrected chi connectivity index (χ1v) is 9.78. The summed E-state index contributed by atoms with van der Waals surface area (Å²) in [5.41, 5.74) is 0.838. The molecule has 2 heterocycles. The van der Waals surface area contributed by atoms with Crippen LogP contribution in [0.15, 0.2) is 53.6 Å². The van der Waals surface area contributed by atoms with E-state index in [2.05, 4.69) is 10.3 Å². The maximum atomic E-state index is 11.5. The zero-order valence-electron chi connectivity index (χ0n) is 16.6. The smallest absolute Gasteiger partial charge is 0.490 e. The van der Waals surface area contributed by atoms with Crippen molar-refractivity contribution in [2.75, 3.05) is 25.1 Å². The van der Waals surface area contributed by atoms with Crippen LogP contribution < -0.4 is 15.0 Å². The summed E-state index contributed by atoms with van der Waals surface area (Å²) in [6, 6.07) is 13.2. The van der Waals surface area contributed by atoms with E-state index >= 15 is 0 Å². The SMILES string of the molecule is CN(CCOc1ccc(/C=C2\SC(=O)NC2=O)cc1)c1ccccn1.O=C(O)C(F)(F)F. The van der Waals surface area contributed by atoms with Gasteiger partial charge < -0.3 is 14.7 Å². The van der Waals surface area contributed by atoms with Crippen molar-refractivity contribution in [3.8, 4) is 5.75 Å². The number of imide groups is 1. The van der Waals surface area contributed by atoms with Crippen molar-refractivity contribution in [1.82, 2.24) is 10.3 Å². The molecule has 0 unspecified atom stereocenters. The molecule has 1 aliphatic heterocycles. The number of benzene rings is 1. The Morgan fingerprint density at radius 3 is 2.38 bits per heavy atom. The van der Waals surface area contributed by atoms with Crippen molar-refractivity contribution in [1.29, 1.82) is 0 Å². The number of aliphatic carboxylic acids is 1. The maximum absolute atomic E-state index is 11.5. The molecule has 1 aromatic carbocycles. The van der Waals surface area contributed by atoms with E-state index in [0.717, 1.165) is 28.9 Å². The van der Waals surface area contributed by atoms with Crippen molar-refractivity contribution in [3.05, 3.63) is 59.1 Å². The van der Waals surface area contributed by atoms with Gasteiger partial charge in [-0.2, -0.15) is 13.2 Å². The summed E-state index contributed by atoms with van der Waals surface area (Å²) in [7, 11) is 1.96. The van der Waals surface area contributed by atoms with Crippen molar-refractivity contribution in [2.45, 2.75) is 6.18 Å². The van der Waals surface area contributed by atoms with Crippen LogP contribution in [0, 0.1) is 0 Å². The second kappa shape index (κ2) is 11.2. The molecule has 0 spiro atoms. The van der Waals surface area contributed by atoms with Crippen molar-refractivity contribution >= 4 is 40.8 Å². The van der Waals surface area contributed by atoms with Gasteiger partial charge in [0.15, 0.2) is 0 Å². The number of nitrogens with zero attached hydrogens (tertiary/aromatic N) is 2. The lowest BCUT2D eigenvalue weighted by atomic mass is 10.2. The van der Waals surface area contributed by atoms with E-state index in [1.807, 2.05) is 54.4 Å². The van der Waals surface area contributed by atoms with Gasteiger partial charge in [-0.05, 0) is 47.7 Å². The van der Waals surface area contributed by atoms with Gasteiger partial charge in [-0.3, -0.25) is 14.9 Å². The summed E-state index contributed by atoms with van der Waals surface area (Å²) < 4.78 is 37.5. The number of amides is 2.